The molecule has 2 atom stereocenters. The van der Waals surface area contributed by atoms with Gasteiger partial charge in [0.25, 0.3) is 0 Å². The van der Waals surface area contributed by atoms with E-state index in [1.54, 1.807) is 29.2 Å². The van der Waals surface area contributed by atoms with Crippen LogP contribution in [0.5, 0.6) is 0 Å². The van der Waals surface area contributed by atoms with Crippen LogP contribution in [0.1, 0.15) is 32.3 Å². The number of carbonyl (C=O) groups is 1. The van der Waals surface area contributed by atoms with Crippen LogP contribution in [0.2, 0.25) is 0 Å². The van der Waals surface area contributed by atoms with Gasteiger partial charge in [-0.1, -0.05) is 0 Å². The molecule has 0 saturated carbocycles. The van der Waals surface area contributed by atoms with Crippen LogP contribution in [0.25, 0.3) is 16.7 Å². The van der Waals surface area contributed by atoms with Crippen molar-refractivity contribution in [2.75, 3.05) is 29.9 Å². The molecule has 2 aliphatic heterocycles. The summed E-state index contributed by atoms with van der Waals surface area (Å²) in [6.07, 6.45) is 6.23. The van der Waals surface area contributed by atoms with Gasteiger partial charge in [-0.3, -0.25) is 4.79 Å². The highest BCUT2D eigenvalue weighted by atomic mass is 19.1. The lowest BCUT2D eigenvalue weighted by atomic mass is 10.1. The van der Waals surface area contributed by atoms with E-state index >= 15 is 8.78 Å². The molecule has 0 radical (unpaired) electrons. The zero-order valence-corrected chi connectivity index (χ0v) is 21.9. The summed E-state index contributed by atoms with van der Waals surface area (Å²) in [6.45, 7) is 6.55. The van der Waals surface area contributed by atoms with Gasteiger partial charge in [0.05, 0.1) is 24.1 Å². The molecule has 4 aromatic rings. The minimum Gasteiger partial charge on any atom is -0.354 e. The minimum absolute atomic E-state index is 0.0705. The van der Waals surface area contributed by atoms with E-state index in [0.717, 1.165) is 30.0 Å². The molecule has 2 aliphatic rings. The van der Waals surface area contributed by atoms with Crippen LogP contribution in [-0.4, -0.2) is 62.0 Å². The summed E-state index contributed by atoms with van der Waals surface area (Å²) in [6, 6.07) is 9.01. The second-order valence-corrected chi connectivity index (χ2v) is 10.4. The zero-order valence-electron chi connectivity index (χ0n) is 21.9. The van der Waals surface area contributed by atoms with Gasteiger partial charge < -0.3 is 25.0 Å². The van der Waals surface area contributed by atoms with E-state index in [-0.39, 0.29) is 18.0 Å². The van der Waals surface area contributed by atoms with Crippen molar-refractivity contribution < 1.29 is 13.6 Å². The van der Waals surface area contributed by atoms with E-state index in [1.807, 2.05) is 12.1 Å². The van der Waals surface area contributed by atoms with Crippen molar-refractivity contribution in [2.24, 2.45) is 0 Å². The number of hydrogen-bond donors (Lipinski definition) is 2. The number of carbonyl (C=O) groups excluding carboxylic acids is 1. The summed E-state index contributed by atoms with van der Waals surface area (Å²) < 4.78 is 31.6. The van der Waals surface area contributed by atoms with Gasteiger partial charge in [-0.25, -0.2) is 18.7 Å². The maximum Gasteiger partial charge on any atom is 0.229 e. The molecule has 1 amide bonds. The maximum absolute atomic E-state index is 15.0. The highest BCUT2D eigenvalue weighted by Crippen LogP contribution is 2.26. The molecule has 1 aromatic carbocycles. The van der Waals surface area contributed by atoms with Gasteiger partial charge in [-0.2, -0.15) is 4.98 Å². The molecule has 0 spiro atoms. The van der Waals surface area contributed by atoms with Crippen molar-refractivity contribution in [3.63, 3.8) is 0 Å². The van der Waals surface area contributed by atoms with Crippen molar-refractivity contribution in [3.05, 3.63) is 66.1 Å². The Bertz CT molecular complexity index is 1490. The lowest BCUT2D eigenvalue weighted by Crippen LogP contribution is -2.54. The number of nitrogens with one attached hydrogen (secondary N) is 2. The molecule has 2 saturated heterocycles. The zero-order chi connectivity index (χ0) is 27.1. The standard InChI is InChI=1S/C28H30F2N8O/c1-17-14-37(15-18(2)33-17)25-6-5-20(13-31-25)34-28-32-12-19-7-9-38(27(19)35-28)21-10-23(29)22(24(30)11-21)16-36-8-3-4-26(36)39/h5-7,9-13,17-18,33H,3-4,8,14-16H2,1-2H3,(H,32,34,35). The third kappa shape index (κ3) is 5.14. The SMILES string of the molecule is CC1CN(c2ccc(Nc3ncc4ccn(-c5cc(F)c(CN6CCCC6=O)c(F)c5)c4n3)cn2)CC(C)N1. The molecule has 39 heavy (non-hydrogen) atoms. The molecule has 3 aromatic heterocycles. The van der Waals surface area contributed by atoms with E-state index in [0.29, 0.717) is 48.8 Å². The van der Waals surface area contributed by atoms with Gasteiger partial charge in [-0.15, -0.1) is 0 Å². The van der Waals surface area contributed by atoms with Crippen LogP contribution in [0.3, 0.4) is 0 Å². The average molecular weight is 533 g/mol. The monoisotopic (exact) mass is 532 g/mol. The molecule has 11 heteroatoms. The molecule has 202 valence electrons. The fraction of sp³-hybridized carbons (Fsp3) is 0.357. The van der Waals surface area contributed by atoms with Crippen molar-refractivity contribution in [2.45, 2.75) is 45.3 Å². The number of halogens is 2. The van der Waals surface area contributed by atoms with Crippen molar-refractivity contribution in [3.8, 4) is 5.69 Å². The Labute approximate surface area is 224 Å². The molecule has 2 unspecified atom stereocenters. The average Bonchev–Trinajstić information content (AvgIpc) is 3.51. The van der Waals surface area contributed by atoms with Crippen LogP contribution in [0.15, 0.2) is 48.9 Å². The van der Waals surface area contributed by atoms with Gasteiger partial charge >= 0.3 is 0 Å². The summed E-state index contributed by atoms with van der Waals surface area (Å²) >= 11 is 0. The minimum atomic E-state index is -0.696. The Morgan fingerprint density at radius 3 is 2.49 bits per heavy atom. The lowest BCUT2D eigenvalue weighted by Gasteiger charge is -2.36. The number of pyridine rings is 1. The number of nitrogens with zero attached hydrogens (tertiary/aromatic N) is 6. The van der Waals surface area contributed by atoms with E-state index in [2.05, 4.69) is 44.3 Å². The fourth-order valence-electron chi connectivity index (χ4n) is 5.42. The highest BCUT2D eigenvalue weighted by Gasteiger charge is 2.24. The summed E-state index contributed by atoms with van der Waals surface area (Å²) in [5.74, 6) is -0.222. The predicted octanol–water partition coefficient (Wildman–Crippen LogP) is 4.15. The van der Waals surface area contributed by atoms with Gasteiger partial charge in [0.2, 0.25) is 11.9 Å². The van der Waals surface area contributed by atoms with Crippen molar-refractivity contribution in [1.29, 1.82) is 0 Å². The van der Waals surface area contributed by atoms with Crippen LogP contribution in [0, 0.1) is 11.6 Å². The Balaban J connectivity index is 1.22. The first-order valence-electron chi connectivity index (χ1n) is 13.2. The van der Waals surface area contributed by atoms with Crippen LogP contribution < -0.4 is 15.5 Å². The normalized spacial score (nSPS) is 19.7. The highest BCUT2D eigenvalue weighted by molar-refractivity contribution is 5.79. The van der Waals surface area contributed by atoms with Gasteiger partial charge in [0, 0.05) is 61.5 Å². The van der Waals surface area contributed by atoms with Crippen molar-refractivity contribution in [1.82, 2.24) is 29.7 Å². The van der Waals surface area contributed by atoms with Crippen LogP contribution in [0.4, 0.5) is 26.2 Å². The third-order valence-corrected chi connectivity index (χ3v) is 7.24. The number of amides is 1. The molecule has 5 heterocycles. The van der Waals surface area contributed by atoms with Crippen molar-refractivity contribution >= 4 is 34.4 Å². The van der Waals surface area contributed by atoms with Crippen LogP contribution in [-0.2, 0) is 11.3 Å². The summed E-state index contributed by atoms with van der Waals surface area (Å²) in [5.41, 5.74) is 1.42. The quantitative estimate of drug-likeness (QED) is 0.386. The summed E-state index contributed by atoms with van der Waals surface area (Å²) in [4.78, 5) is 29.3. The van der Waals surface area contributed by atoms with Gasteiger partial charge in [0.1, 0.15) is 23.1 Å². The number of piperazine rings is 1. The molecule has 0 aliphatic carbocycles. The lowest BCUT2D eigenvalue weighted by molar-refractivity contribution is -0.128. The molecule has 2 fully saturated rings. The molecule has 2 N–H and O–H groups in total. The summed E-state index contributed by atoms with van der Waals surface area (Å²) in [5, 5.41) is 7.42. The smallest absolute Gasteiger partial charge is 0.229 e. The number of likely N-dealkylation sites (tertiary alicyclic amines) is 1. The topological polar surface area (TPSA) is 91.2 Å². The first-order valence-corrected chi connectivity index (χ1v) is 13.2. The van der Waals surface area contributed by atoms with E-state index in [4.69, 9.17) is 0 Å². The van der Waals surface area contributed by atoms with Gasteiger partial charge in [0.15, 0.2) is 0 Å². The molecular formula is C28H30F2N8O. The number of aromatic nitrogens is 4. The third-order valence-electron chi connectivity index (χ3n) is 7.24. The first kappa shape index (κ1) is 25.2. The number of fused-ring (bicyclic) bond motifs is 1. The number of benzene rings is 1. The fourth-order valence-corrected chi connectivity index (χ4v) is 5.42. The summed E-state index contributed by atoms with van der Waals surface area (Å²) in [7, 11) is 0. The van der Waals surface area contributed by atoms with E-state index < -0.39 is 11.6 Å². The molecule has 6 rings (SSSR count). The second kappa shape index (κ2) is 10.2. The first-order chi connectivity index (χ1) is 18.8. The Kier molecular flexibility index (Phi) is 6.59. The maximum atomic E-state index is 15.0. The predicted molar refractivity (Wildman–Crippen MR) is 145 cm³/mol. The Morgan fingerprint density at radius 1 is 1.05 bits per heavy atom. The van der Waals surface area contributed by atoms with E-state index in [9.17, 15) is 4.79 Å². The largest absolute Gasteiger partial charge is 0.354 e. The Hall–Kier alpha value is -4.12. The van der Waals surface area contributed by atoms with Crippen LogP contribution >= 0.6 is 0 Å². The Morgan fingerprint density at radius 2 is 1.82 bits per heavy atom. The molecule has 0 bridgehead atoms. The molecule has 9 nitrogen and oxygen atoms in total. The number of hydrogen-bond acceptors (Lipinski definition) is 7. The number of rotatable bonds is 6. The second-order valence-electron chi connectivity index (χ2n) is 10.4. The molecular weight excluding hydrogens is 502 g/mol. The van der Waals surface area contributed by atoms with E-state index in [1.165, 1.54) is 17.0 Å². The van der Waals surface area contributed by atoms with Gasteiger partial charge in [-0.05, 0) is 50.6 Å². The number of anilines is 3.